The number of hydrogen-bond donors (Lipinski definition) is 1. The van der Waals surface area contributed by atoms with E-state index in [0.717, 1.165) is 85.0 Å². The molecule has 1 N–H and O–H groups in total. The molecule has 1 aliphatic rings. The Morgan fingerprint density at radius 1 is 0.500 bits per heavy atom. The number of thiophene rings is 1. The summed E-state index contributed by atoms with van der Waals surface area (Å²) in [4.78, 5) is 2.59. The zero-order chi connectivity index (χ0) is 43.5. The van der Waals surface area contributed by atoms with Crippen LogP contribution in [0.3, 0.4) is 0 Å². The van der Waals surface area contributed by atoms with Gasteiger partial charge in [-0.05, 0) is 104 Å². The molecule has 0 aliphatic carbocycles. The molecule has 64 heavy (non-hydrogen) atoms. The standard InChI is InChI=1S/C58H47BN2O2S/c1-57(2,3)35-24-27-37(28-25-35)60-45-33-49-43(38-18-10-13-21-47(38)62-49)31-42(45)44-32-50-52(39-19-11-14-22-48(39)63-50)55-53(44)59-54-40-20-12-15-23-51(40)64-56(54)61(55)46-29-26-36(58(4,5)6)30-41(46)34-16-8-7-9-17-34/h7-33,59-60H,1-6H3. The Kier molecular flexibility index (Phi) is 8.60. The van der Waals surface area contributed by atoms with Crippen molar-refractivity contribution in [2.75, 3.05) is 10.2 Å². The highest BCUT2D eigenvalue weighted by Gasteiger charge is 2.36. The molecule has 1 aliphatic heterocycles. The van der Waals surface area contributed by atoms with Crippen molar-refractivity contribution in [1.29, 1.82) is 0 Å². The number of anilines is 5. The molecule has 12 rings (SSSR count). The van der Waals surface area contributed by atoms with Crippen LogP contribution in [0.5, 0.6) is 0 Å². The molecule has 11 aromatic rings. The van der Waals surface area contributed by atoms with Gasteiger partial charge in [0.2, 0.25) is 7.28 Å². The SMILES string of the molecule is CC(C)(C)c1ccc(Nc2cc3oc4ccccc4c3cc2-c2cc3oc4ccccc4c3c3c2Bc2c(sc4ccccc24)N3c2ccc(C(C)(C)C)cc2-c2ccccc2)cc1. The van der Waals surface area contributed by atoms with Crippen LogP contribution in [-0.2, 0) is 10.8 Å². The fraction of sp³-hybridized carbons (Fsp3) is 0.138. The number of rotatable bonds is 5. The van der Waals surface area contributed by atoms with E-state index in [1.165, 1.54) is 48.3 Å². The van der Waals surface area contributed by atoms with Crippen molar-refractivity contribution in [2.24, 2.45) is 0 Å². The van der Waals surface area contributed by atoms with Crippen molar-refractivity contribution in [3.05, 3.63) is 175 Å². The maximum Gasteiger partial charge on any atom is 0.200 e. The Bertz CT molecular complexity index is 3640. The van der Waals surface area contributed by atoms with Gasteiger partial charge in [0.05, 0.1) is 27.4 Å². The van der Waals surface area contributed by atoms with Crippen LogP contribution in [0.15, 0.2) is 173 Å². The first-order valence-corrected chi connectivity index (χ1v) is 23.1. The number of fused-ring (bicyclic) bond motifs is 11. The van der Waals surface area contributed by atoms with Crippen LogP contribution in [0.2, 0.25) is 0 Å². The Morgan fingerprint density at radius 2 is 1.14 bits per heavy atom. The zero-order valence-corrected chi connectivity index (χ0v) is 37.8. The minimum Gasteiger partial charge on any atom is -0.456 e. The van der Waals surface area contributed by atoms with Gasteiger partial charge >= 0.3 is 0 Å². The maximum atomic E-state index is 6.97. The summed E-state index contributed by atoms with van der Waals surface area (Å²) in [6.07, 6.45) is 0. The summed E-state index contributed by atoms with van der Waals surface area (Å²) in [7, 11) is 0.751. The van der Waals surface area contributed by atoms with Gasteiger partial charge in [-0.3, -0.25) is 0 Å². The summed E-state index contributed by atoms with van der Waals surface area (Å²) in [5.41, 5.74) is 17.5. The molecule has 6 heteroatoms. The molecule has 4 nitrogen and oxygen atoms in total. The van der Waals surface area contributed by atoms with Crippen LogP contribution in [0.1, 0.15) is 52.7 Å². The van der Waals surface area contributed by atoms with E-state index in [1.54, 1.807) is 0 Å². The molecule has 0 atom stereocenters. The molecular weight excluding hydrogens is 800 g/mol. The number of nitrogens with one attached hydrogen (secondary N) is 1. The average molecular weight is 847 g/mol. The molecule has 0 saturated heterocycles. The third kappa shape index (κ3) is 6.18. The molecule has 4 heterocycles. The lowest BCUT2D eigenvalue weighted by atomic mass is 9.58. The molecule has 3 aromatic heterocycles. The molecule has 0 fully saturated rings. The molecular formula is C58H47BN2O2S. The number of hydrogen-bond acceptors (Lipinski definition) is 5. The van der Waals surface area contributed by atoms with E-state index in [2.05, 4.69) is 209 Å². The first kappa shape index (κ1) is 38.6. The zero-order valence-electron chi connectivity index (χ0n) is 37.0. The fourth-order valence-corrected chi connectivity index (χ4v) is 11.1. The minimum atomic E-state index is -0.0434. The second kappa shape index (κ2) is 14.3. The predicted molar refractivity (Wildman–Crippen MR) is 275 cm³/mol. The van der Waals surface area contributed by atoms with Gasteiger partial charge in [0.15, 0.2) is 0 Å². The normalized spacial score (nSPS) is 12.9. The Hall–Kier alpha value is -7.02. The topological polar surface area (TPSA) is 41.6 Å². The van der Waals surface area contributed by atoms with Gasteiger partial charge < -0.3 is 19.1 Å². The molecule has 0 amide bonds. The van der Waals surface area contributed by atoms with Crippen molar-refractivity contribution in [2.45, 2.75) is 52.4 Å². The minimum absolute atomic E-state index is 0.0434. The van der Waals surface area contributed by atoms with Crippen molar-refractivity contribution < 1.29 is 8.83 Å². The largest absolute Gasteiger partial charge is 0.456 e. The van der Waals surface area contributed by atoms with E-state index in [1.807, 2.05) is 17.4 Å². The van der Waals surface area contributed by atoms with Crippen molar-refractivity contribution in [3.8, 4) is 22.3 Å². The number of benzene rings is 8. The first-order chi connectivity index (χ1) is 31.0. The van der Waals surface area contributed by atoms with E-state index >= 15 is 0 Å². The van der Waals surface area contributed by atoms with Crippen LogP contribution < -0.4 is 21.1 Å². The van der Waals surface area contributed by atoms with E-state index in [-0.39, 0.29) is 10.8 Å². The molecule has 0 radical (unpaired) electrons. The predicted octanol–water partition coefficient (Wildman–Crippen LogP) is 15.5. The lowest BCUT2D eigenvalue weighted by Gasteiger charge is -2.35. The summed E-state index contributed by atoms with van der Waals surface area (Å²) in [5.74, 6) is 0. The molecule has 8 aromatic carbocycles. The lowest BCUT2D eigenvalue weighted by molar-refractivity contribution is 0.590. The third-order valence-corrected chi connectivity index (χ3v) is 14.4. The molecule has 310 valence electrons. The first-order valence-electron chi connectivity index (χ1n) is 22.3. The summed E-state index contributed by atoms with van der Waals surface area (Å²) < 4.78 is 14.8. The fourth-order valence-electron chi connectivity index (χ4n) is 9.87. The monoisotopic (exact) mass is 846 g/mol. The van der Waals surface area contributed by atoms with Crippen LogP contribution in [0.25, 0.3) is 76.2 Å². The maximum absolute atomic E-state index is 6.97. The molecule has 0 unspecified atom stereocenters. The van der Waals surface area contributed by atoms with Gasteiger partial charge in [0.1, 0.15) is 22.3 Å². The second-order valence-corrected chi connectivity index (χ2v) is 20.4. The highest BCUT2D eigenvalue weighted by molar-refractivity contribution is 7.25. The number of nitrogens with zero attached hydrogens (tertiary/aromatic N) is 1. The molecule has 0 saturated carbocycles. The average Bonchev–Trinajstić information content (AvgIpc) is 3.98. The third-order valence-electron chi connectivity index (χ3n) is 13.2. The molecule has 0 bridgehead atoms. The summed E-state index contributed by atoms with van der Waals surface area (Å²) in [6.45, 7) is 13.7. The van der Waals surface area contributed by atoms with Gasteiger partial charge in [-0.15, -0.1) is 11.3 Å². The van der Waals surface area contributed by atoms with Gasteiger partial charge in [-0.2, -0.15) is 0 Å². The van der Waals surface area contributed by atoms with E-state index < -0.39 is 0 Å². The Labute approximate surface area is 378 Å². The number of para-hydroxylation sites is 2. The van der Waals surface area contributed by atoms with E-state index in [9.17, 15) is 0 Å². The van der Waals surface area contributed by atoms with Crippen molar-refractivity contribution in [3.63, 3.8) is 0 Å². The number of furan rings is 2. The van der Waals surface area contributed by atoms with Crippen LogP contribution in [-0.4, -0.2) is 7.28 Å². The quantitative estimate of drug-likeness (QED) is 0.175. The second-order valence-electron chi connectivity index (χ2n) is 19.4. The van der Waals surface area contributed by atoms with Crippen LogP contribution >= 0.6 is 11.3 Å². The van der Waals surface area contributed by atoms with Crippen molar-refractivity contribution >= 4 is 111 Å². The highest BCUT2D eigenvalue weighted by Crippen LogP contribution is 2.52. The van der Waals surface area contributed by atoms with Gasteiger partial charge in [-0.25, -0.2) is 0 Å². The summed E-state index contributed by atoms with van der Waals surface area (Å²) in [5, 5.41) is 10.8. The molecule has 0 spiro atoms. The van der Waals surface area contributed by atoms with Gasteiger partial charge in [0, 0.05) is 43.7 Å². The summed E-state index contributed by atoms with van der Waals surface area (Å²) >= 11 is 1.88. The Balaban J connectivity index is 1.20. The van der Waals surface area contributed by atoms with Crippen LogP contribution in [0.4, 0.5) is 27.8 Å². The highest BCUT2D eigenvalue weighted by atomic mass is 32.1. The van der Waals surface area contributed by atoms with Crippen LogP contribution in [0, 0.1) is 0 Å². The van der Waals surface area contributed by atoms with Crippen molar-refractivity contribution in [1.82, 2.24) is 0 Å². The van der Waals surface area contributed by atoms with E-state index in [0.29, 0.717) is 0 Å². The lowest BCUT2D eigenvalue weighted by Crippen LogP contribution is -2.40. The Morgan fingerprint density at radius 3 is 1.89 bits per heavy atom. The smallest absolute Gasteiger partial charge is 0.200 e. The summed E-state index contributed by atoms with van der Waals surface area (Å²) in [6, 6.07) is 59.6. The van der Waals surface area contributed by atoms with Gasteiger partial charge in [0.25, 0.3) is 0 Å². The van der Waals surface area contributed by atoms with E-state index in [4.69, 9.17) is 8.83 Å². The van der Waals surface area contributed by atoms with Gasteiger partial charge in [-0.1, -0.05) is 145 Å².